The van der Waals surface area contributed by atoms with Crippen LogP contribution in [0.3, 0.4) is 0 Å². The molecule has 0 saturated carbocycles. The molecule has 0 aromatic heterocycles. The van der Waals surface area contributed by atoms with Crippen molar-refractivity contribution < 1.29 is 9.53 Å². The van der Waals surface area contributed by atoms with E-state index in [2.05, 4.69) is 42.0 Å². The Labute approximate surface area is 163 Å². The highest BCUT2D eigenvalue weighted by Gasteiger charge is 2.23. The normalized spacial score (nSPS) is 18.3. The molecule has 3 N–H and O–H groups in total. The largest absolute Gasteiger partial charge is 0.491 e. The summed E-state index contributed by atoms with van der Waals surface area (Å²) in [6, 6.07) is 8.19. The number of rotatable bonds is 6. The van der Waals surface area contributed by atoms with Crippen molar-refractivity contribution >= 4 is 11.9 Å². The van der Waals surface area contributed by atoms with Crippen LogP contribution in [-0.2, 0) is 10.2 Å². The van der Waals surface area contributed by atoms with Crippen LogP contribution >= 0.6 is 0 Å². The molecule has 2 rings (SSSR count). The highest BCUT2D eigenvalue weighted by molar-refractivity contribution is 5.80. The maximum Gasteiger partial charge on any atom is 0.217 e. The second kappa shape index (κ2) is 9.62. The number of para-hydroxylation sites is 1. The molecule has 1 heterocycles. The minimum atomic E-state index is -0.226. The highest BCUT2D eigenvalue weighted by Crippen LogP contribution is 2.30. The first-order valence-electron chi connectivity index (χ1n) is 9.77. The van der Waals surface area contributed by atoms with Crippen molar-refractivity contribution in [1.29, 1.82) is 0 Å². The van der Waals surface area contributed by atoms with E-state index in [4.69, 9.17) is 10.5 Å². The number of aliphatic imine (C=N–C) groups is 1. The van der Waals surface area contributed by atoms with Gasteiger partial charge in [-0.3, -0.25) is 9.79 Å². The van der Waals surface area contributed by atoms with Crippen molar-refractivity contribution in [3.05, 3.63) is 29.8 Å². The number of piperidine rings is 1. The Kier molecular flexibility index (Phi) is 7.51. The van der Waals surface area contributed by atoms with Gasteiger partial charge in [-0.1, -0.05) is 39.0 Å². The number of nitrogens with zero attached hydrogens (tertiary/aromatic N) is 2. The average Bonchev–Trinajstić information content (AvgIpc) is 2.61. The van der Waals surface area contributed by atoms with Crippen LogP contribution in [0.2, 0.25) is 0 Å². The predicted octanol–water partition coefficient (Wildman–Crippen LogP) is 2.53. The van der Waals surface area contributed by atoms with Crippen molar-refractivity contribution in [3.8, 4) is 5.75 Å². The number of likely N-dealkylation sites (tertiary alicyclic amines) is 1. The quantitative estimate of drug-likeness (QED) is 0.455. The molecule has 1 saturated heterocycles. The summed E-state index contributed by atoms with van der Waals surface area (Å²) >= 11 is 0. The Hall–Kier alpha value is -2.24. The number of amides is 1. The molecule has 1 aliphatic rings. The first kappa shape index (κ1) is 21.1. The standard InChI is InChI=1S/C21H34N4O2/c1-21(2,3)17-9-5-6-10-18(17)27-13-11-24-20(23-4)25-12-7-8-16(15-25)14-19(22)26/h5-6,9-10,16H,7-8,11-15H2,1-4H3,(H2,22,26)(H,23,24). The van der Waals surface area contributed by atoms with Crippen LogP contribution in [-0.4, -0.2) is 50.1 Å². The number of hydrogen-bond acceptors (Lipinski definition) is 3. The number of carbonyl (C=O) groups excluding carboxylic acids is 1. The van der Waals surface area contributed by atoms with E-state index < -0.39 is 0 Å². The SMILES string of the molecule is CN=C(NCCOc1ccccc1C(C)(C)C)N1CCCC(CC(N)=O)C1. The number of carbonyl (C=O) groups is 1. The molecular formula is C21H34N4O2. The average molecular weight is 375 g/mol. The molecule has 1 aromatic carbocycles. The van der Waals surface area contributed by atoms with Gasteiger partial charge in [-0.15, -0.1) is 0 Å². The zero-order chi connectivity index (χ0) is 19.9. The van der Waals surface area contributed by atoms with Gasteiger partial charge < -0.3 is 20.7 Å². The van der Waals surface area contributed by atoms with E-state index in [1.165, 1.54) is 5.56 Å². The van der Waals surface area contributed by atoms with Gasteiger partial charge >= 0.3 is 0 Å². The van der Waals surface area contributed by atoms with Crippen molar-refractivity contribution in [2.24, 2.45) is 16.6 Å². The Balaban J connectivity index is 1.85. The van der Waals surface area contributed by atoms with Crippen molar-refractivity contribution in [2.45, 2.75) is 45.4 Å². The topological polar surface area (TPSA) is 80.0 Å². The maximum atomic E-state index is 11.2. The highest BCUT2D eigenvalue weighted by atomic mass is 16.5. The van der Waals surface area contributed by atoms with Gasteiger partial charge in [0.25, 0.3) is 0 Å². The zero-order valence-corrected chi connectivity index (χ0v) is 17.1. The van der Waals surface area contributed by atoms with Crippen molar-refractivity contribution in [3.63, 3.8) is 0 Å². The summed E-state index contributed by atoms with van der Waals surface area (Å²) in [5, 5.41) is 3.38. The van der Waals surface area contributed by atoms with Gasteiger partial charge in [-0.2, -0.15) is 0 Å². The van der Waals surface area contributed by atoms with Crippen LogP contribution in [0.4, 0.5) is 0 Å². The number of guanidine groups is 1. The van der Waals surface area contributed by atoms with Crippen LogP contribution in [0.25, 0.3) is 0 Å². The van der Waals surface area contributed by atoms with Crippen LogP contribution in [0, 0.1) is 5.92 Å². The number of benzene rings is 1. The molecule has 1 aliphatic heterocycles. The van der Waals surface area contributed by atoms with Gasteiger partial charge in [0.1, 0.15) is 12.4 Å². The second-order valence-electron chi connectivity index (χ2n) is 8.19. The maximum absolute atomic E-state index is 11.2. The van der Waals surface area contributed by atoms with E-state index >= 15 is 0 Å². The van der Waals surface area contributed by atoms with Crippen LogP contribution in [0.15, 0.2) is 29.3 Å². The van der Waals surface area contributed by atoms with E-state index in [1.54, 1.807) is 7.05 Å². The molecule has 1 unspecified atom stereocenters. The minimum absolute atomic E-state index is 0.0449. The fourth-order valence-electron chi connectivity index (χ4n) is 3.58. The Bertz CT molecular complexity index is 652. The lowest BCUT2D eigenvalue weighted by Gasteiger charge is -2.34. The van der Waals surface area contributed by atoms with Crippen molar-refractivity contribution in [1.82, 2.24) is 10.2 Å². The third-order valence-electron chi connectivity index (χ3n) is 4.86. The van der Waals surface area contributed by atoms with E-state index in [0.717, 1.165) is 37.6 Å². The summed E-state index contributed by atoms with van der Waals surface area (Å²) in [4.78, 5) is 17.8. The molecule has 1 aromatic rings. The molecule has 1 amide bonds. The number of nitrogens with two attached hydrogens (primary N) is 1. The molecule has 0 aliphatic carbocycles. The van der Waals surface area contributed by atoms with Gasteiger partial charge in [0.05, 0.1) is 6.54 Å². The predicted molar refractivity (Wildman–Crippen MR) is 110 cm³/mol. The molecule has 150 valence electrons. The van der Waals surface area contributed by atoms with E-state index in [0.29, 0.717) is 25.5 Å². The summed E-state index contributed by atoms with van der Waals surface area (Å²) in [6.07, 6.45) is 2.54. The van der Waals surface area contributed by atoms with E-state index in [1.807, 2.05) is 18.2 Å². The third-order valence-corrected chi connectivity index (χ3v) is 4.86. The molecule has 0 spiro atoms. The van der Waals surface area contributed by atoms with Gasteiger partial charge in [-0.05, 0) is 35.8 Å². The fraction of sp³-hybridized carbons (Fsp3) is 0.619. The Morgan fingerprint density at radius 1 is 1.37 bits per heavy atom. The first-order chi connectivity index (χ1) is 12.8. The molecule has 0 radical (unpaired) electrons. The van der Waals surface area contributed by atoms with Crippen LogP contribution < -0.4 is 15.8 Å². The molecule has 27 heavy (non-hydrogen) atoms. The van der Waals surface area contributed by atoms with E-state index in [-0.39, 0.29) is 11.3 Å². The van der Waals surface area contributed by atoms with Gasteiger partial charge in [-0.25, -0.2) is 0 Å². The van der Waals surface area contributed by atoms with Gasteiger partial charge in [0.2, 0.25) is 5.91 Å². The number of nitrogens with one attached hydrogen (secondary N) is 1. The summed E-state index contributed by atoms with van der Waals surface area (Å²) < 4.78 is 6.02. The number of primary amides is 1. The molecule has 6 heteroatoms. The summed E-state index contributed by atoms with van der Waals surface area (Å²) in [5.74, 6) is 1.87. The smallest absolute Gasteiger partial charge is 0.217 e. The zero-order valence-electron chi connectivity index (χ0n) is 17.1. The monoisotopic (exact) mass is 374 g/mol. The molecule has 1 fully saturated rings. The fourth-order valence-corrected chi connectivity index (χ4v) is 3.58. The van der Waals surface area contributed by atoms with Gasteiger partial charge in [0.15, 0.2) is 5.96 Å². The first-order valence-corrected chi connectivity index (χ1v) is 9.77. The Morgan fingerprint density at radius 3 is 2.78 bits per heavy atom. The lowest BCUT2D eigenvalue weighted by molar-refractivity contribution is -0.119. The molecule has 6 nitrogen and oxygen atoms in total. The molecule has 0 bridgehead atoms. The van der Waals surface area contributed by atoms with Crippen LogP contribution in [0.1, 0.15) is 45.6 Å². The summed E-state index contributed by atoms with van der Waals surface area (Å²) in [5.41, 5.74) is 6.61. The second-order valence-corrected chi connectivity index (χ2v) is 8.19. The third kappa shape index (κ3) is 6.45. The summed E-state index contributed by atoms with van der Waals surface area (Å²) in [7, 11) is 1.79. The Morgan fingerprint density at radius 2 is 2.11 bits per heavy atom. The van der Waals surface area contributed by atoms with Crippen molar-refractivity contribution in [2.75, 3.05) is 33.3 Å². The molecule has 1 atom stereocenters. The van der Waals surface area contributed by atoms with E-state index in [9.17, 15) is 4.79 Å². The summed E-state index contributed by atoms with van der Waals surface area (Å²) in [6.45, 7) is 9.56. The molecular weight excluding hydrogens is 340 g/mol. The number of hydrogen-bond donors (Lipinski definition) is 2. The lowest BCUT2D eigenvalue weighted by atomic mass is 9.86. The minimum Gasteiger partial charge on any atom is -0.491 e. The van der Waals surface area contributed by atoms with Crippen LogP contribution in [0.5, 0.6) is 5.75 Å². The van der Waals surface area contributed by atoms with Gasteiger partial charge in [0, 0.05) is 26.6 Å². The number of ether oxygens (including phenoxy) is 1. The lowest BCUT2D eigenvalue weighted by Crippen LogP contribution is -2.48.